The lowest BCUT2D eigenvalue weighted by Gasteiger charge is -2.10. The molecule has 1 amide bonds. The van der Waals surface area contributed by atoms with Crippen LogP contribution < -0.4 is 10.1 Å². The molecule has 3 rings (SSSR count). The summed E-state index contributed by atoms with van der Waals surface area (Å²) in [5.41, 5.74) is 2.65. The molecule has 1 atom stereocenters. The Bertz CT molecular complexity index is 935. The molecule has 0 unspecified atom stereocenters. The highest BCUT2D eigenvalue weighted by atomic mass is 32.2. The summed E-state index contributed by atoms with van der Waals surface area (Å²) in [5.74, 6) is -0.773. The maximum atomic E-state index is 12.2. The number of nitrogens with one attached hydrogen (secondary N) is 1. The van der Waals surface area contributed by atoms with E-state index in [-0.39, 0.29) is 5.91 Å². The maximum absolute atomic E-state index is 12.2. The molecule has 1 saturated heterocycles. The van der Waals surface area contributed by atoms with Crippen molar-refractivity contribution < 1.29 is 19.4 Å². The molecule has 1 fully saturated rings. The Morgan fingerprint density at radius 3 is 2.59 bits per heavy atom. The minimum Gasteiger partial charge on any atom is -0.479 e. The molecule has 0 bridgehead atoms. The third-order valence-electron chi connectivity index (χ3n) is 3.83. The number of amidine groups is 1. The molecule has 0 aromatic heterocycles. The number of thioether (sulfide) groups is 1. The van der Waals surface area contributed by atoms with Gasteiger partial charge in [-0.3, -0.25) is 4.79 Å². The van der Waals surface area contributed by atoms with Gasteiger partial charge in [0.25, 0.3) is 5.91 Å². The Hall–Kier alpha value is -3.06. The number of amides is 1. The van der Waals surface area contributed by atoms with Gasteiger partial charge in [-0.1, -0.05) is 30.3 Å². The van der Waals surface area contributed by atoms with Crippen LogP contribution in [-0.4, -0.2) is 28.3 Å². The zero-order chi connectivity index (χ0) is 19.4. The summed E-state index contributed by atoms with van der Waals surface area (Å²) < 4.78 is 5.29. The van der Waals surface area contributed by atoms with Crippen molar-refractivity contribution in [3.8, 4) is 5.75 Å². The van der Waals surface area contributed by atoms with Crippen LogP contribution >= 0.6 is 11.8 Å². The van der Waals surface area contributed by atoms with Crippen molar-refractivity contribution >= 4 is 40.6 Å². The second kappa shape index (κ2) is 8.09. The van der Waals surface area contributed by atoms with Crippen LogP contribution in [0.1, 0.15) is 18.1 Å². The third kappa shape index (κ3) is 4.77. The second-order valence-electron chi connectivity index (χ2n) is 5.94. The molecule has 7 heteroatoms. The van der Waals surface area contributed by atoms with E-state index in [9.17, 15) is 9.59 Å². The number of carboxylic acids is 1. The van der Waals surface area contributed by atoms with Crippen LogP contribution in [0.2, 0.25) is 0 Å². The van der Waals surface area contributed by atoms with Crippen molar-refractivity contribution in [2.45, 2.75) is 20.0 Å². The van der Waals surface area contributed by atoms with Gasteiger partial charge in [0.1, 0.15) is 5.75 Å². The van der Waals surface area contributed by atoms with Crippen molar-refractivity contribution in [1.29, 1.82) is 0 Å². The second-order valence-corrected chi connectivity index (χ2v) is 6.97. The van der Waals surface area contributed by atoms with Gasteiger partial charge >= 0.3 is 5.97 Å². The molecule has 27 heavy (non-hydrogen) atoms. The van der Waals surface area contributed by atoms with Gasteiger partial charge in [0, 0.05) is 0 Å². The van der Waals surface area contributed by atoms with E-state index in [0.717, 1.165) is 16.8 Å². The topological polar surface area (TPSA) is 88.0 Å². The Morgan fingerprint density at radius 2 is 1.93 bits per heavy atom. The molecule has 1 heterocycles. The predicted octanol–water partition coefficient (Wildman–Crippen LogP) is 3.74. The number of para-hydroxylation sites is 1. The Kier molecular flexibility index (Phi) is 5.61. The number of aryl methyl sites for hydroxylation is 1. The fraction of sp³-hybridized carbons (Fsp3) is 0.150. The van der Waals surface area contributed by atoms with Crippen LogP contribution in [0.25, 0.3) is 6.08 Å². The predicted molar refractivity (Wildman–Crippen MR) is 106 cm³/mol. The number of aliphatic imine (C=N–C) groups is 1. The fourth-order valence-electron chi connectivity index (χ4n) is 2.33. The standard InChI is InChI=1S/C20H18N2O4S/c1-12-5-3-4-6-16(12)21-20-22-18(23)17(27-20)11-14-7-9-15(10-8-14)26-13(2)19(24)25/h3-11,13H,1-2H3,(H,24,25)(H,21,22,23)/b17-11-/t13-/m0/s1. The molecule has 0 spiro atoms. The highest BCUT2D eigenvalue weighted by molar-refractivity contribution is 8.18. The van der Waals surface area contributed by atoms with E-state index in [1.165, 1.54) is 18.7 Å². The van der Waals surface area contributed by atoms with E-state index in [0.29, 0.717) is 15.8 Å². The van der Waals surface area contributed by atoms with E-state index >= 15 is 0 Å². The SMILES string of the molecule is Cc1ccccc1N=C1NC(=O)/C(=C/c2ccc(O[C@@H](C)C(=O)O)cc2)S1. The summed E-state index contributed by atoms with van der Waals surface area (Å²) in [5, 5.41) is 12.2. The van der Waals surface area contributed by atoms with Crippen LogP contribution in [0.5, 0.6) is 5.75 Å². The van der Waals surface area contributed by atoms with Crippen molar-refractivity contribution in [3.63, 3.8) is 0 Å². The lowest BCUT2D eigenvalue weighted by molar-refractivity contribution is -0.144. The molecule has 6 nitrogen and oxygen atoms in total. The van der Waals surface area contributed by atoms with Crippen molar-refractivity contribution in [2.24, 2.45) is 4.99 Å². The molecular formula is C20H18N2O4S. The van der Waals surface area contributed by atoms with Crippen LogP contribution in [0.4, 0.5) is 5.69 Å². The first-order valence-electron chi connectivity index (χ1n) is 8.27. The maximum Gasteiger partial charge on any atom is 0.344 e. The molecule has 138 valence electrons. The Balaban J connectivity index is 1.73. The van der Waals surface area contributed by atoms with Gasteiger partial charge in [-0.05, 0) is 61.0 Å². The summed E-state index contributed by atoms with van der Waals surface area (Å²) in [6.07, 6.45) is 0.829. The number of hydrogen-bond acceptors (Lipinski definition) is 5. The number of ether oxygens (including phenoxy) is 1. The minimum atomic E-state index is -1.03. The monoisotopic (exact) mass is 382 g/mol. The zero-order valence-electron chi connectivity index (χ0n) is 14.8. The summed E-state index contributed by atoms with van der Waals surface area (Å²) in [4.78, 5) is 28.0. The number of aliphatic carboxylic acids is 1. The number of rotatable bonds is 5. The van der Waals surface area contributed by atoms with E-state index in [2.05, 4.69) is 10.3 Å². The van der Waals surface area contributed by atoms with Crippen LogP contribution in [-0.2, 0) is 9.59 Å². The quantitative estimate of drug-likeness (QED) is 0.769. The van der Waals surface area contributed by atoms with E-state index in [1.807, 2.05) is 31.2 Å². The van der Waals surface area contributed by atoms with Gasteiger partial charge in [0.2, 0.25) is 0 Å². The van der Waals surface area contributed by atoms with Crippen LogP contribution in [0.15, 0.2) is 58.4 Å². The largest absolute Gasteiger partial charge is 0.479 e. The lowest BCUT2D eigenvalue weighted by atomic mass is 10.2. The van der Waals surface area contributed by atoms with Gasteiger partial charge in [-0.15, -0.1) is 0 Å². The number of benzene rings is 2. The summed E-state index contributed by atoms with van der Waals surface area (Å²) in [6.45, 7) is 3.43. The van der Waals surface area contributed by atoms with Crippen molar-refractivity contribution in [3.05, 3.63) is 64.6 Å². The van der Waals surface area contributed by atoms with E-state index in [1.54, 1.807) is 30.3 Å². The van der Waals surface area contributed by atoms with E-state index < -0.39 is 12.1 Å². The Labute approximate surface area is 161 Å². The molecule has 1 aliphatic heterocycles. The molecule has 0 saturated carbocycles. The fourth-order valence-corrected chi connectivity index (χ4v) is 3.16. The lowest BCUT2D eigenvalue weighted by Crippen LogP contribution is -2.22. The number of carboxylic acid groups (broad SMARTS) is 1. The molecule has 2 aromatic rings. The number of hydrogen-bond donors (Lipinski definition) is 2. The van der Waals surface area contributed by atoms with Gasteiger partial charge in [-0.25, -0.2) is 9.79 Å². The van der Waals surface area contributed by atoms with Gasteiger partial charge < -0.3 is 15.2 Å². The minimum absolute atomic E-state index is 0.202. The zero-order valence-corrected chi connectivity index (χ0v) is 15.6. The highest BCUT2D eigenvalue weighted by Crippen LogP contribution is 2.29. The smallest absolute Gasteiger partial charge is 0.344 e. The van der Waals surface area contributed by atoms with Crippen LogP contribution in [0, 0.1) is 6.92 Å². The van der Waals surface area contributed by atoms with Gasteiger partial charge in [0.05, 0.1) is 10.6 Å². The van der Waals surface area contributed by atoms with E-state index in [4.69, 9.17) is 9.84 Å². The molecule has 0 aliphatic carbocycles. The first-order valence-corrected chi connectivity index (χ1v) is 9.09. The average Bonchev–Trinajstić information content (AvgIpc) is 2.97. The molecule has 0 radical (unpaired) electrons. The average molecular weight is 382 g/mol. The summed E-state index contributed by atoms with van der Waals surface area (Å²) in [7, 11) is 0. The van der Waals surface area contributed by atoms with Gasteiger partial charge in [0.15, 0.2) is 11.3 Å². The molecule has 1 aliphatic rings. The highest BCUT2D eigenvalue weighted by Gasteiger charge is 2.24. The first kappa shape index (κ1) is 18.7. The number of nitrogens with zero attached hydrogens (tertiary/aromatic N) is 1. The number of carbonyl (C=O) groups excluding carboxylic acids is 1. The van der Waals surface area contributed by atoms with Crippen molar-refractivity contribution in [1.82, 2.24) is 5.32 Å². The number of carbonyl (C=O) groups is 2. The summed E-state index contributed by atoms with van der Waals surface area (Å²) in [6, 6.07) is 14.6. The summed E-state index contributed by atoms with van der Waals surface area (Å²) >= 11 is 1.28. The van der Waals surface area contributed by atoms with Gasteiger partial charge in [-0.2, -0.15) is 0 Å². The normalized spacial score (nSPS) is 17.8. The Morgan fingerprint density at radius 1 is 1.22 bits per heavy atom. The third-order valence-corrected chi connectivity index (χ3v) is 4.74. The molecule has 2 N–H and O–H groups in total. The van der Waals surface area contributed by atoms with Crippen molar-refractivity contribution in [2.75, 3.05) is 0 Å². The first-order chi connectivity index (χ1) is 12.9. The van der Waals surface area contributed by atoms with Crippen LogP contribution in [0.3, 0.4) is 0 Å². The molecular weight excluding hydrogens is 364 g/mol. The molecule has 2 aromatic carbocycles.